The molecule has 0 aromatic carbocycles. The highest BCUT2D eigenvalue weighted by atomic mass is 32.2. The lowest BCUT2D eigenvalue weighted by atomic mass is 10.4. The van der Waals surface area contributed by atoms with Crippen LogP contribution in [0.1, 0.15) is 26.7 Å². The molecule has 0 saturated heterocycles. The van der Waals surface area contributed by atoms with Crippen LogP contribution in [0.25, 0.3) is 0 Å². The molecule has 0 spiro atoms. The third kappa shape index (κ3) is 7.16. The Morgan fingerprint density at radius 2 is 2.00 bits per heavy atom. The van der Waals surface area contributed by atoms with Gasteiger partial charge in [0.15, 0.2) is 0 Å². The molecule has 5 nitrogen and oxygen atoms in total. The van der Waals surface area contributed by atoms with Crippen molar-refractivity contribution in [1.29, 1.82) is 0 Å². The van der Waals surface area contributed by atoms with E-state index in [1.165, 1.54) is 0 Å². The van der Waals surface area contributed by atoms with Gasteiger partial charge in [0.1, 0.15) is 0 Å². The molecule has 0 aliphatic heterocycles. The molecule has 6 heteroatoms. The van der Waals surface area contributed by atoms with Crippen molar-refractivity contribution in [3.8, 4) is 0 Å². The smallest absolute Gasteiger partial charge is 0.215 e. The van der Waals surface area contributed by atoms with Crippen LogP contribution < -0.4 is 10.0 Å². The molecular weight excluding hydrogens is 228 g/mol. The van der Waals surface area contributed by atoms with Crippen molar-refractivity contribution in [1.82, 2.24) is 10.0 Å². The summed E-state index contributed by atoms with van der Waals surface area (Å²) in [6.07, 6.45) is 1.71. The average Bonchev–Trinajstić information content (AvgIpc) is 2.24. The molecule has 0 aliphatic carbocycles. The minimum Gasteiger partial charge on any atom is -0.385 e. The Balaban J connectivity index is 3.82. The van der Waals surface area contributed by atoms with Gasteiger partial charge >= 0.3 is 0 Å². The van der Waals surface area contributed by atoms with Crippen LogP contribution in [0.3, 0.4) is 0 Å². The van der Waals surface area contributed by atoms with Gasteiger partial charge in [-0.05, 0) is 26.3 Å². The SMILES string of the molecule is CCCNCC(C)S(=O)(=O)NCCCOC. The fourth-order valence-electron chi connectivity index (χ4n) is 1.17. The van der Waals surface area contributed by atoms with Crippen LogP contribution in [-0.2, 0) is 14.8 Å². The molecule has 0 amide bonds. The predicted octanol–water partition coefficient (Wildman–Crippen LogP) is 0.330. The van der Waals surface area contributed by atoms with E-state index in [1.807, 2.05) is 0 Å². The summed E-state index contributed by atoms with van der Waals surface area (Å²) in [5.74, 6) is 0. The number of hydrogen-bond acceptors (Lipinski definition) is 4. The first-order valence-electron chi connectivity index (χ1n) is 5.72. The van der Waals surface area contributed by atoms with E-state index in [-0.39, 0.29) is 0 Å². The lowest BCUT2D eigenvalue weighted by Gasteiger charge is -2.14. The summed E-state index contributed by atoms with van der Waals surface area (Å²) < 4.78 is 30.8. The zero-order valence-corrected chi connectivity index (χ0v) is 11.3. The summed E-state index contributed by atoms with van der Waals surface area (Å²) in [6, 6.07) is 0. The summed E-state index contributed by atoms with van der Waals surface area (Å²) in [5, 5.41) is 2.70. The van der Waals surface area contributed by atoms with Crippen LogP contribution in [0.4, 0.5) is 0 Å². The lowest BCUT2D eigenvalue weighted by Crippen LogP contribution is -2.39. The van der Waals surface area contributed by atoms with E-state index in [2.05, 4.69) is 17.0 Å². The largest absolute Gasteiger partial charge is 0.385 e. The second kappa shape index (κ2) is 8.92. The topological polar surface area (TPSA) is 67.4 Å². The molecule has 1 unspecified atom stereocenters. The molecule has 0 bridgehead atoms. The van der Waals surface area contributed by atoms with Gasteiger partial charge in [-0.3, -0.25) is 0 Å². The number of nitrogens with one attached hydrogen (secondary N) is 2. The van der Waals surface area contributed by atoms with Crippen molar-refractivity contribution in [2.75, 3.05) is 33.4 Å². The zero-order valence-electron chi connectivity index (χ0n) is 10.5. The summed E-state index contributed by atoms with van der Waals surface area (Å²) in [5.41, 5.74) is 0. The fraction of sp³-hybridized carbons (Fsp3) is 1.00. The van der Waals surface area contributed by atoms with Crippen molar-refractivity contribution >= 4 is 10.0 Å². The molecule has 0 aromatic heterocycles. The summed E-state index contributed by atoms with van der Waals surface area (Å²) in [6.45, 7) is 6.12. The van der Waals surface area contributed by atoms with Gasteiger partial charge in [-0.25, -0.2) is 13.1 Å². The Bertz CT molecular complexity index is 255. The quantitative estimate of drug-likeness (QED) is 0.550. The van der Waals surface area contributed by atoms with Gasteiger partial charge < -0.3 is 10.1 Å². The molecule has 16 heavy (non-hydrogen) atoms. The lowest BCUT2D eigenvalue weighted by molar-refractivity contribution is 0.196. The second-order valence-corrected chi connectivity index (χ2v) is 5.98. The first-order chi connectivity index (χ1) is 7.54. The zero-order chi connectivity index (χ0) is 12.4. The minimum absolute atomic E-state index is 0.401. The highest BCUT2D eigenvalue weighted by Gasteiger charge is 2.18. The van der Waals surface area contributed by atoms with Crippen molar-refractivity contribution in [2.45, 2.75) is 31.9 Å². The normalized spacial score (nSPS) is 13.9. The van der Waals surface area contributed by atoms with Gasteiger partial charge in [-0.1, -0.05) is 6.92 Å². The summed E-state index contributed by atoms with van der Waals surface area (Å²) >= 11 is 0. The van der Waals surface area contributed by atoms with E-state index in [9.17, 15) is 8.42 Å². The first-order valence-corrected chi connectivity index (χ1v) is 7.27. The molecule has 98 valence electrons. The molecule has 1 atom stereocenters. The van der Waals surface area contributed by atoms with Crippen molar-refractivity contribution in [3.63, 3.8) is 0 Å². The molecule has 0 aromatic rings. The van der Waals surface area contributed by atoms with Gasteiger partial charge in [0, 0.05) is 26.8 Å². The highest BCUT2D eigenvalue weighted by Crippen LogP contribution is 1.97. The van der Waals surface area contributed by atoms with Gasteiger partial charge in [0.25, 0.3) is 0 Å². The molecule has 0 heterocycles. The monoisotopic (exact) mass is 252 g/mol. The molecule has 0 rings (SSSR count). The maximum atomic E-state index is 11.7. The van der Waals surface area contributed by atoms with E-state index in [0.29, 0.717) is 26.1 Å². The Morgan fingerprint density at radius 1 is 1.31 bits per heavy atom. The molecule has 2 N–H and O–H groups in total. The van der Waals surface area contributed by atoms with Crippen molar-refractivity contribution in [2.24, 2.45) is 0 Å². The molecule has 0 radical (unpaired) electrons. The number of rotatable bonds is 10. The highest BCUT2D eigenvalue weighted by molar-refractivity contribution is 7.90. The van der Waals surface area contributed by atoms with Crippen LogP contribution >= 0.6 is 0 Å². The van der Waals surface area contributed by atoms with E-state index >= 15 is 0 Å². The number of ether oxygens (including phenoxy) is 1. The Hall–Kier alpha value is -0.170. The van der Waals surface area contributed by atoms with Crippen molar-refractivity contribution < 1.29 is 13.2 Å². The molecule has 0 fully saturated rings. The van der Waals surface area contributed by atoms with Crippen LogP contribution in [-0.4, -0.2) is 47.0 Å². The van der Waals surface area contributed by atoms with Crippen LogP contribution in [0.5, 0.6) is 0 Å². The number of sulfonamides is 1. The Labute approximate surface area is 99.0 Å². The van der Waals surface area contributed by atoms with Gasteiger partial charge in [-0.2, -0.15) is 0 Å². The first kappa shape index (κ1) is 15.8. The average molecular weight is 252 g/mol. The maximum Gasteiger partial charge on any atom is 0.215 e. The third-order valence-corrected chi connectivity index (χ3v) is 4.05. The number of methoxy groups -OCH3 is 1. The fourth-order valence-corrected chi connectivity index (χ4v) is 2.22. The van der Waals surface area contributed by atoms with E-state index in [0.717, 1.165) is 13.0 Å². The standard InChI is InChI=1S/C10H24N2O3S/c1-4-6-11-9-10(2)16(13,14)12-7-5-8-15-3/h10-12H,4-9H2,1-3H3. The minimum atomic E-state index is -3.19. The summed E-state index contributed by atoms with van der Waals surface area (Å²) in [7, 11) is -1.59. The number of hydrogen-bond donors (Lipinski definition) is 2. The van der Waals surface area contributed by atoms with Gasteiger partial charge in [0.05, 0.1) is 5.25 Å². The predicted molar refractivity (Wildman–Crippen MR) is 66.0 cm³/mol. The Kier molecular flexibility index (Phi) is 8.83. The molecular formula is C10H24N2O3S. The van der Waals surface area contributed by atoms with E-state index in [1.54, 1.807) is 14.0 Å². The van der Waals surface area contributed by atoms with Crippen molar-refractivity contribution in [3.05, 3.63) is 0 Å². The van der Waals surface area contributed by atoms with Gasteiger partial charge in [-0.15, -0.1) is 0 Å². The van der Waals surface area contributed by atoms with E-state index in [4.69, 9.17) is 4.74 Å². The van der Waals surface area contributed by atoms with Crippen LogP contribution in [0, 0.1) is 0 Å². The van der Waals surface area contributed by atoms with Crippen LogP contribution in [0.15, 0.2) is 0 Å². The molecule has 0 aliphatic rings. The second-order valence-electron chi connectivity index (χ2n) is 3.80. The maximum absolute atomic E-state index is 11.7. The van der Waals surface area contributed by atoms with Crippen LogP contribution in [0.2, 0.25) is 0 Å². The Morgan fingerprint density at radius 3 is 2.56 bits per heavy atom. The molecule has 0 saturated carbocycles. The van der Waals surface area contributed by atoms with Gasteiger partial charge in [0.2, 0.25) is 10.0 Å². The third-order valence-electron chi connectivity index (χ3n) is 2.22. The summed E-state index contributed by atoms with van der Waals surface area (Å²) in [4.78, 5) is 0. The van der Waals surface area contributed by atoms with E-state index < -0.39 is 15.3 Å².